The van der Waals surface area contributed by atoms with Crippen molar-refractivity contribution in [2.45, 2.75) is 30.6 Å². The number of carbonyl (C=O) groups excluding carboxylic acids is 2. The number of para-hydroxylation sites is 1. The third kappa shape index (κ3) is 5.57. The van der Waals surface area contributed by atoms with Crippen LogP contribution in [0.1, 0.15) is 36.0 Å². The zero-order valence-electron chi connectivity index (χ0n) is 17.9. The van der Waals surface area contributed by atoms with Crippen LogP contribution in [0.5, 0.6) is 11.5 Å². The van der Waals surface area contributed by atoms with E-state index in [0.29, 0.717) is 18.8 Å². The highest BCUT2D eigenvalue weighted by Crippen LogP contribution is 2.30. The van der Waals surface area contributed by atoms with E-state index in [2.05, 4.69) is 5.32 Å². The number of carbonyl (C=O) groups is 2. The molecule has 0 spiro atoms. The van der Waals surface area contributed by atoms with Gasteiger partial charge in [0.15, 0.2) is 6.61 Å². The van der Waals surface area contributed by atoms with Crippen LogP contribution < -0.4 is 20.5 Å². The maximum absolute atomic E-state index is 13.1. The van der Waals surface area contributed by atoms with Gasteiger partial charge in [0.1, 0.15) is 11.5 Å². The van der Waals surface area contributed by atoms with E-state index in [0.717, 1.165) is 25.7 Å². The van der Waals surface area contributed by atoms with Gasteiger partial charge in [0.2, 0.25) is 10.0 Å². The average Bonchev–Trinajstić information content (AvgIpc) is 3.08. The van der Waals surface area contributed by atoms with Crippen molar-refractivity contribution in [1.82, 2.24) is 4.31 Å². The Bertz CT molecular complexity index is 1080. The summed E-state index contributed by atoms with van der Waals surface area (Å²) in [7, 11) is -2.27. The van der Waals surface area contributed by atoms with E-state index in [9.17, 15) is 18.0 Å². The van der Waals surface area contributed by atoms with Crippen molar-refractivity contribution in [3.05, 3.63) is 48.0 Å². The van der Waals surface area contributed by atoms with Crippen LogP contribution in [0, 0.1) is 0 Å². The van der Waals surface area contributed by atoms with Gasteiger partial charge in [-0.25, -0.2) is 8.42 Å². The van der Waals surface area contributed by atoms with E-state index in [-0.39, 0.29) is 21.9 Å². The normalized spacial score (nSPS) is 14.9. The van der Waals surface area contributed by atoms with E-state index in [1.807, 2.05) is 0 Å². The second-order valence-corrected chi connectivity index (χ2v) is 9.32. The molecule has 0 unspecified atom stereocenters. The molecule has 1 fully saturated rings. The Kier molecular flexibility index (Phi) is 7.70. The number of amides is 2. The number of methoxy groups -OCH3 is 1. The van der Waals surface area contributed by atoms with Gasteiger partial charge in [-0.15, -0.1) is 0 Å². The largest absolute Gasteiger partial charge is 0.495 e. The van der Waals surface area contributed by atoms with E-state index < -0.39 is 28.4 Å². The van der Waals surface area contributed by atoms with Crippen molar-refractivity contribution in [1.29, 1.82) is 0 Å². The van der Waals surface area contributed by atoms with Crippen molar-refractivity contribution in [3.63, 3.8) is 0 Å². The Hall–Kier alpha value is -3.11. The minimum Gasteiger partial charge on any atom is -0.495 e. The summed E-state index contributed by atoms with van der Waals surface area (Å²) in [6.07, 6.45) is 3.66. The Balaban J connectivity index is 1.76. The summed E-state index contributed by atoms with van der Waals surface area (Å²) in [5.41, 5.74) is 5.68. The number of rotatable bonds is 8. The molecule has 0 atom stereocenters. The lowest BCUT2D eigenvalue weighted by molar-refractivity contribution is -0.118. The summed E-state index contributed by atoms with van der Waals surface area (Å²) in [5.74, 6) is -0.730. The lowest BCUT2D eigenvalue weighted by atomic mass is 10.2. The second kappa shape index (κ2) is 10.5. The van der Waals surface area contributed by atoms with Gasteiger partial charge in [-0.1, -0.05) is 25.0 Å². The van der Waals surface area contributed by atoms with E-state index >= 15 is 0 Å². The van der Waals surface area contributed by atoms with E-state index in [1.165, 1.54) is 41.7 Å². The summed E-state index contributed by atoms with van der Waals surface area (Å²) in [6, 6.07) is 10.7. The zero-order chi connectivity index (χ0) is 23.1. The Labute approximate surface area is 187 Å². The van der Waals surface area contributed by atoms with Gasteiger partial charge < -0.3 is 20.5 Å². The van der Waals surface area contributed by atoms with Gasteiger partial charge in [-0.2, -0.15) is 4.31 Å². The fraction of sp³-hybridized carbons (Fsp3) is 0.364. The molecular weight excluding hydrogens is 434 g/mol. The fourth-order valence-electron chi connectivity index (χ4n) is 3.50. The SMILES string of the molecule is COc1ccc(S(=O)(=O)N2CCCCCC2)cc1NC(=O)COc1ccccc1C(N)=O. The molecule has 32 heavy (non-hydrogen) atoms. The molecule has 1 aliphatic heterocycles. The van der Waals surface area contributed by atoms with Gasteiger partial charge >= 0.3 is 0 Å². The first-order chi connectivity index (χ1) is 15.3. The predicted octanol–water partition coefficient (Wildman–Crippen LogP) is 2.38. The number of primary amides is 1. The third-order valence-corrected chi connectivity index (χ3v) is 7.05. The van der Waals surface area contributed by atoms with Crippen LogP contribution in [0.15, 0.2) is 47.4 Å². The molecule has 1 aliphatic rings. The maximum Gasteiger partial charge on any atom is 0.262 e. The molecule has 0 bridgehead atoms. The molecule has 0 aliphatic carbocycles. The molecule has 0 radical (unpaired) electrons. The van der Waals surface area contributed by atoms with Crippen molar-refractivity contribution >= 4 is 27.5 Å². The van der Waals surface area contributed by atoms with Crippen LogP contribution in [0.25, 0.3) is 0 Å². The molecule has 2 amide bonds. The van der Waals surface area contributed by atoms with Crippen molar-refractivity contribution in [2.24, 2.45) is 5.73 Å². The number of nitrogens with one attached hydrogen (secondary N) is 1. The van der Waals surface area contributed by atoms with Gasteiger partial charge in [-0.3, -0.25) is 9.59 Å². The highest BCUT2D eigenvalue weighted by atomic mass is 32.2. The molecule has 172 valence electrons. The Morgan fingerprint density at radius 3 is 2.38 bits per heavy atom. The molecule has 2 aromatic carbocycles. The van der Waals surface area contributed by atoms with Gasteiger partial charge in [0, 0.05) is 13.1 Å². The molecule has 9 nitrogen and oxygen atoms in total. The summed E-state index contributed by atoms with van der Waals surface area (Å²) < 4.78 is 38.4. The van der Waals surface area contributed by atoms with Crippen LogP contribution in [0.4, 0.5) is 5.69 Å². The smallest absolute Gasteiger partial charge is 0.262 e. The van der Waals surface area contributed by atoms with Gasteiger partial charge in [0.25, 0.3) is 11.8 Å². The number of anilines is 1. The van der Waals surface area contributed by atoms with Gasteiger partial charge in [0.05, 0.1) is 23.3 Å². The second-order valence-electron chi connectivity index (χ2n) is 7.38. The number of ether oxygens (including phenoxy) is 2. The number of sulfonamides is 1. The predicted molar refractivity (Wildman–Crippen MR) is 119 cm³/mol. The number of nitrogens with zero attached hydrogens (tertiary/aromatic N) is 1. The van der Waals surface area contributed by atoms with Crippen LogP contribution in [0.2, 0.25) is 0 Å². The highest BCUT2D eigenvalue weighted by molar-refractivity contribution is 7.89. The van der Waals surface area contributed by atoms with Crippen molar-refractivity contribution < 1.29 is 27.5 Å². The standard InChI is InChI=1S/C22H27N3O6S/c1-30-20-11-10-16(32(28,29)25-12-6-2-3-7-13-25)14-18(20)24-21(26)15-31-19-9-5-4-8-17(19)22(23)27/h4-5,8-11,14H,2-3,6-7,12-13,15H2,1H3,(H2,23,27)(H,24,26). The van der Waals surface area contributed by atoms with Crippen LogP contribution in [-0.4, -0.2) is 51.3 Å². The first kappa shape index (κ1) is 23.6. The molecule has 10 heteroatoms. The minimum atomic E-state index is -3.70. The first-order valence-electron chi connectivity index (χ1n) is 10.3. The number of hydrogen-bond acceptors (Lipinski definition) is 6. The molecule has 0 saturated carbocycles. The molecule has 1 heterocycles. The molecule has 2 aromatic rings. The molecular formula is C22H27N3O6S. The summed E-state index contributed by atoms with van der Waals surface area (Å²) in [6.45, 7) is 0.545. The molecule has 1 saturated heterocycles. The molecule has 3 N–H and O–H groups in total. The van der Waals surface area contributed by atoms with Gasteiger partial charge in [-0.05, 0) is 43.2 Å². The summed E-state index contributed by atoms with van der Waals surface area (Å²) >= 11 is 0. The zero-order valence-corrected chi connectivity index (χ0v) is 18.7. The Morgan fingerprint density at radius 2 is 1.72 bits per heavy atom. The fourth-order valence-corrected chi connectivity index (χ4v) is 5.05. The van der Waals surface area contributed by atoms with E-state index in [1.54, 1.807) is 12.1 Å². The topological polar surface area (TPSA) is 128 Å². The van der Waals surface area contributed by atoms with Crippen LogP contribution >= 0.6 is 0 Å². The van der Waals surface area contributed by atoms with Crippen molar-refractivity contribution in [2.75, 3.05) is 32.1 Å². The third-order valence-electron chi connectivity index (χ3n) is 5.16. The summed E-state index contributed by atoms with van der Waals surface area (Å²) in [4.78, 5) is 24.0. The molecule has 0 aromatic heterocycles. The lowest BCUT2D eigenvalue weighted by Crippen LogP contribution is -2.32. The van der Waals surface area contributed by atoms with Crippen LogP contribution in [-0.2, 0) is 14.8 Å². The average molecular weight is 462 g/mol. The summed E-state index contributed by atoms with van der Waals surface area (Å²) in [5, 5.41) is 2.62. The minimum absolute atomic E-state index is 0.0792. The number of nitrogens with two attached hydrogens (primary N) is 1. The van der Waals surface area contributed by atoms with Crippen LogP contribution in [0.3, 0.4) is 0 Å². The van der Waals surface area contributed by atoms with E-state index in [4.69, 9.17) is 15.2 Å². The highest BCUT2D eigenvalue weighted by Gasteiger charge is 2.26. The Morgan fingerprint density at radius 1 is 1.03 bits per heavy atom. The maximum atomic E-state index is 13.1. The monoisotopic (exact) mass is 461 g/mol. The first-order valence-corrected chi connectivity index (χ1v) is 11.8. The van der Waals surface area contributed by atoms with Crippen molar-refractivity contribution in [3.8, 4) is 11.5 Å². The number of hydrogen-bond donors (Lipinski definition) is 2. The molecule has 3 rings (SSSR count). The number of benzene rings is 2. The lowest BCUT2D eigenvalue weighted by Gasteiger charge is -2.21. The quantitative estimate of drug-likeness (QED) is 0.621.